The number of hydrogen-bond acceptors (Lipinski definition) is 2. The van der Waals surface area contributed by atoms with Crippen LogP contribution in [0.15, 0.2) is 24.3 Å². The molecule has 0 saturated heterocycles. The number of thiocarbonyl (C=S) groups is 1. The Morgan fingerprint density at radius 2 is 2.07 bits per heavy atom. The summed E-state index contributed by atoms with van der Waals surface area (Å²) >= 11 is 5.11. The van der Waals surface area contributed by atoms with Crippen molar-refractivity contribution < 1.29 is 4.74 Å². The second kappa shape index (κ2) is 3.24. The molecule has 0 radical (unpaired) electrons. The van der Waals surface area contributed by atoms with Gasteiger partial charge in [0.1, 0.15) is 5.75 Å². The Labute approximate surface area is 89.1 Å². The van der Waals surface area contributed by atoms with Gasteiger partial charge >= 0.3 is 0 Å². The predicted molar refractivity (Wildman–Crippen MR) is 60.7 cm³/mol. The van der Waals surface area contributed by atoms with Gasteiger partial charge in [-0.05, 0) is 18.9 Å². The van der Waals surface area contributed by atoms with E-state index in [0.29, 0.717) is 4.99 Å². The summed E-state index contributed by atoms with van der Waals surface area (Å²) in [5.74, 6) is 0.887. The highest BCUT2D eigenvalue weighted by Crippen LogP contribution is 2.51. The highest BCUT2D eigenvalue weighted by atomic mass is 32.1. The van der Waals surface area contributed by atoms with Gasteiger partial charge < -0.3 is 10.5 Å². The first-order valence-corrected chi connectivity index (χ1v) is 5.05. The van der Waals surface area contributed by atoms with Gasteiger partial charge in [0.25, 0.3) is 0 Å². The Morgan fingerprint density at radius 1 is 1.43 bits per heavy atom. The lowest BCUT2D eigenvalue weighted by molar-refractivity contribution is 0.408. The van der Waals surface area contributed by atoms with Crippen LogP contribution in [0.5, 0.6) is 5.75 Å². The predicted octanol–water partition coefficient (Wildman–Crippen LogP) is 2.01. The zero-order valence-corrected chi connectivity index (χ0v) is 8.93. The average molecular weight is 207 g/mol. The average Bonchev–Trinajstić information content (AvgIpc) is 2.98. The first-order chi connectivity index (χ1) is 6.70. The van der Waals surface area contributed by atoms with Crippen LogP contribution < -0.4 is 10.5 Å². The van der Waals surface area contributed by atoms with Gasteiger partial charge in [0.2, 0.25) is 0 Å². The monoisotopic (exact) mass is 207 g/mol. The number of methoxy groups -OCH3 is 1. The topological polar surface area (TPSA) is 35.2 Å². The Bertz CT molecular complexity index is 371. The molecule has 1 aliphatic carbocycles. The molecule has 0 unspecified atom stereocenters. The summed E-state index contributed by atoms with van der Waals surface area (Å²) in [5.41, 5.74) is 6.82. The summed E-state index contributed by atoms with van der Waals surface area (Å²) in [4.78, 5) is 0.585. The molecule has 1 saturated carbocycles. The van der Waals surface area contributed by atoms with E-state index in [-0.39, 0.29) is 5.41 Å². The summed E-state index contributed by atoms with van der Waals surface area (Å²) < 4.78 is 5.31. The number of benzene rings is 1. The van der Waals surface area contributed by atoms with Crippen LogP contribution in [0.1, 0.15) is 18.4 Å². The van der Waals surface area contributed by atoms with Gasteiger partial charge in [0, 0.05) is 11.0 Å². The Balaban J connectivity index is 2.46. The van der Waals surface area contributed by atoms with Gasteiger partial charge in [0.05, 0.1) is 12.1 Å². The molecule has 0 aromatic heterocycles. The van der Waals surface area contributed by atoms with Crippen molar-refractivity contribution in [3.05, 3.63) is 29.8 Å². The number of ether oxygens (including phenoxy) is 1. The van der Waals surface area contributed by atoms with Crippen LogP contribution in [0.2, 0.25) is 0 Å². The molecule has 0 amide bonds. The van der Waals surface area contributed by atoms with Gasteiger partial charge in [-0.15, -0.1) is 0 Å². The minimum atomic E-state index is -0.0814. The fourth-order valence-electron chi connectivity index (χ4n) is 1.81. The largest absolute Gasteiger partial charge is 0.496 e. The molecule has 0 heterocycles. The normalized spacial score (nSPS) is 17.5. The fourth-order valence-corrected chi connectivity index (χ4v) is 2.13. The van der Waals surface area contributed by atoms with E-state index in [1.807, 2.05) is 24.3 Å². The molecule has 0 bridgehead atoms. The van der Waals surface area contributed by atoms with Crippen LogP contribution in [-0.2, 0) is 5.41 Å². The van der Waals surface area contributed by atoms with Gasteiger partial charge in [-0.25, -0.2) is 0 Å². The first-order valence-electron chi connectivity index (χ1n) is 4.64. The van der Waals surface area contributed by atoms with Gasteiger partial charge in [-0.3, -0.25) is 0 Å². The van der Waals surface area contributed by atoms with Crippen molar-refractivity contribution in [3.8, 4) is 5.75 Å². The molecule has 0 spiro atoms. The van der Waals surface area contributed by atoms with Crippen molar-refractivity contribution in [2.24, 2.45) is 5.73 Å². The molecule has 74 valence electrons. The maximum absolute atomic E-state index is 5.76. The molecule has 1 aromatic carbocycles. The Morgan fingerprint density at radius 3 is 2.57 bits per heavy atom. The molecule has 1 aromatic rings. The standard InChI is InChI=1S/C11H13NOS/c1-13-9-5-3-2-4-8(9)11(6-7-11)10(12)14/h2-5H,6-7H2,1H3,(H2,12,14). The fraction of sp³-hybridized carbons (Fsp3) is 0.364. The second-order valence-corrected chi connectivity index (χ2v) is 4.09. The van der Waals surface area contributed by atoms with Crippen molar-refractivity contribution in [2.45, 2.75) is 18.3 Å². The quantitative estimate of drug-likeness (QED) is 0.770. The smallest absolute Gasteiger partial charge is 0.123 e. The van der Waals surface area contributed by atoms with Crippen molar-refractivity contribution in [2.75, 3.05) is 7.11 Å². The molecule has 2 N–H and O–H groups in total. The number of para-hydroxylation sites is 1. The van der Waals surface area contributed by atoms with Crippen LogP contribution in [-0.4, -0.2) is 12.1 Å². The minimum Gasteiger partial charge on any atom is -0.496 e. The molecule has 0 aliphatic heterocycles. The van der Waals surface area contributed by atoms with Crippen molar-refractivity contribution >= 4 is 17.2 Å². The second-order valence-electron chi connectivity index (χ2n) is 3.65. The summed E-state index contributed by atoms with van der Waals surface area (Å²) in [6.45, 7) is 0. The van der Waals surface area contributed by atoms with Crippen LogP contribution in [0.4, 0.5) is 0 Å². The lowest BCUT2D eigenvalue weighted by Crippen LogP contribution is -2.26. The number of hydrogen-bond donors (Lipinski definition) is 1. The molecule has 1 aliphatic rings. The zero-order chi connectivity index (χ0) is 10.2. The molecular weight excluding hydrogens is 194 g/mol. The van der Waals surface area contributed by atoms with E-state index in [4.69, 9.17) is 22.7 Å². The highest BCUT2D eigenvalue weighted by molar-refractivity contribution is 7.80. The highest BCUT2D eigenvalue weighted by Gasteiger charge is 2.48. The Kier molecular flexibility index (Phi) is 2.19. The molecule has 2 rings (SSSR count). The van der Waals surface area contributed by atoms with E-state index in [1.54, 1.807) is 7.11 Å². The third kappa shape index (κ3) is 1.28. The maximum atomic E-state index is 5.76. The summed E-state index contributed by atoms with van der Waals surface area (Å²) in [6.07, 6.45) is 2.09. The van der Waals surface area contributed by atoms with Crippen LogP contribution in [0.3, 0.4) is 0 Å². The molecule has 2 nitrogen and oxygen atoms in total. The number of rotatable bonds is 3. The summed E-state index contributed by atoms with van der Waals surface area (Å²) in [6, 6.07) is 7.95. The molecular formula is C11H13NOS. The third-order valence-corrected chi connectivity index (χ3v) is 3.23. The molecule has 3 heteroatoms. The van der Waals surface area contributed by atoms with E-state index in [9.17, 15) is 0 Å². The summed E-state index contributed by atoms with van der Waals surface area (Å²) in [7, 11) is 1.68. The molecule has 0 atom stereocenters. The lowest BCUT2D eigenvalue weighted by atomic mass is 9.95. The van der Waals surface area contributed by atoms with Crippen molar-refractivity contribution in [3.63, 3.8) is 0 Å². The van der Waals surface area contributed by atoms with Crippen LogP contribution in [0, 0.1) is 0 Å². The van der Waals surface area contributed by atoms with E-state index < -0.39 is 0 Å². The van der Waals surface area contributed by atoms with Gasteiger partial charge in [0.15, 0.2) is 0 Å². The first kappa shape index (κ1) is 9.46. The number of nitrogens with two attached hydrogens (primary N) is 1. The van der Waals surface area contributed by atoms with Crippen LogP contribution >= 0.6 is 12.2 Å². The van der Waals surface area contributed by atoms with Crippen LogP contribution in [0.25, 0.3) is 0 Å². The van der Waals surface area contributed by atoms with Crippen molar-refractivity contribution in [1.82, 2.24) is 0 Å². The van der Waals surface area contributed by atoms with E-state index in [2.05, 4.69) is 0 Å². The molecule has 1 fully saturated rings. The van der Waals surface area contributed by atoms with Crippen molar-refractivity contribution in [1.29, 1.82) is 0 Å². The SMILES string of the molecule is COc1ccccc1C1(C(N)=S)CC1. The van der Waals surface area contributed by atoms with E-state index in [1.165, 1.54) is 0 Å². The van der Waals surface area contributed by atoms with E-state index in [0.717, 1.165) is 24.2 Å². The van der Waals surface area contributed by atoms with E-state index >= 15 is 0 Å². The Hall–Kier alpha value is -1.09. The lowest BCUT2D eigenvalue weighted by Gasteiger charge is -2.16. The summed E-state index contributed by atoms with van der Waals surface area (Å²) in [5, 5.41) is 0. The maximum Gasteiger partial charge on any atom is 0.123 e. The third-order valence-electron chi connectivity index (χ3n) is 2.84. The minimum absolute atomic E-state index is 0.0814. The van der Waals surface area contributed by atoms with Gasteiger partial charge in [-0.1, -0.05) is 30.4 Å². The van der Waals surface area contributed by atoms with Gasteiger partial charge in [-0.2, -0.15) is 0 Å². The zero-order valence-electron chi connectivity index (χ0n) is 8.12. The molecule has 14 heavy (non-hydrogen) atoms.